The standard InChI is InChI=1S/C12H20N4O2S2.HI/c13-12(16-9-4-2-1-3-5-9)15-8-10-6-7-11(19-10)20(14,17)18;/h6-7,9H,1-5,8H2,(H3,13,15,16)(H2,14,17,18);1H. The summed E-state index contributed by atoms with van der Waals surface area (Å²) in [7, 11) is -3.62. The molecule has 0 aliphatic heterocycles. The number of rotatable bonds is 4. The minimum absolute atomic E-state index is 0. The fourth-order valence-corrected chi connectivity index (χ4v) is 3.96. The summed E-state index contributed by atoms with van der Waals surface area (Å²) in [6.07, 6.45) is 6.01. The number of nitrogens with zero attached hydrogens (tertiary/aromatic N) is 1. The summed E-state index contributed by atoms with van der Waals surface area (Å²) in [6.45, 7) is 0.367. The van der Waals surface area contributed by atoms with E-state index in [1.54, 1.807) is 6.07 Å². The van der Waals surface area contributed by atoms with Crippen LogP contribution in [0.2, 0.25) is 0 Å². The van der Waals surface area contributed by atoms with Gasteiger partial charge < -0.3 is 11.1 Å². The summed E-state index contributed by atoms with van der Waals surface area (Å²) in [5.41, 5.74) is 5.85. The Hall–Kier alpha value is -0.390. The largest absolute Gasteiger partial charge is 0.370 e. The molecule has 5 N–H and O–H groups in total. The Morgan fingerprint density at radius 2 is 2.00 bits per heavy atom. The number of guanidine groups is 1. The van der Waals surface area contributed by atoms with Crippen molar-refractivity contribution in [3.05, 3.63) is 17.0 Å². The highest BCUT2D eigenvalue weighted by molar-refractivity contribution is 14.0. The Bertz CT molecular complexity index is 580. The zero-order valence-corrected chi connectivity index (χ0v) is 15.6. The molecule has 120 valence electrons. The lowest BCUT2D eigenvalue weighted by Crippen LogP contribution is -2.41. The number of aliphatic imine (C=N–C) groups is 1. The van der Waals surface area contributed by atoms with Gasteiger partial charge in [0, 0.05) is 10.9 Å². The molecule has 9 heteroatoms. The van der Waals surface area contributed by atoms with Crippen LogP contribution in [-0.4, -0.2) is 20.4 Å². The monoisotopic (exact) mass is 444 g/mol. The molecule has 2 rings (SSSR count). The maximum atomic E-state index is 11.2. The lowest BCUT2D eigenvalue weighted by molar-refractivity contribution is 0.412. The number of primary sulfonamides is 1. The van der Waals surface area contributed by atoms with Crippen LogP contribution in [0, 0.1) is 0 Å². The highest BCUT2D eigenvalue weighted by atomic mass is 127. The van der Waals surface area contributed by atoms with Crippen LogP contribution in [0.25, 0.3) is 0 Å². The molecule has 0 spiro atoms. The summed E-state index contributed by atoms with van der Waals surface area (Å²) in [5, 5.41) is 8.28. The lowest BCUT2D eigenvalue weighted by atomic mass is 9.96. The number of hydrogen-bond donors (Lipinski definition) is 3. The first-order valence-electron chi connectivity index (χ1n) is 6.63. The summed E-state index contributed by atoms with van der Waals surface area (Å²) in [4.78, 5) is 5.06. The molecule has 0 bridgehead atoms. The summed E-state index contributed by atoms with van der Waals surface area (Å²) >= 11 is 1.12. The van der Waals surface area contributed by atoms with Crippen molar-refractivity contribution in [1.82, 2.24) is 5.32 Å². The first kappa shape index (κ1) is 18.7. The van der Waals surface area contributed by atoms with Crippen LogP contribution in [-0.2, 0) is 16.6 Å². The molecule has 0 amide bonds. The molecule has 1 aliphatic carbocycles. The second-order valence-corrected chi connectivity index (χ2v) is 7.90. The Kier molecular flexibility index (Phi) is 7.37. The van der Waals surface area contributed by atoms with E-state index >= 15 is 0 Å². The quantitative estimate of drug-likeness (QED) is 0.373. The van der Waals surface area contributed by atoms with E-state index in [2.05, 4.69) is 10.3 Å². The fraction of sp³-hybridized carbons (Fsp3) is 0.583. The Morgan fingerprint density at radius 3 is 2.57 bits per heavy atom. The first-order chi connectivity index (χ1) is 9.45. The van der Waals surface area contributed by atoms with Crippen molar-refractivity contribution in [3.8, 4) is 0 Å². The van der Waals surface area contributed by atoms with Gasteiger partial charge in [-0.2, -0.15) is 0 Å². The van der Waals surface area contributed by atoms with Crippen LogP contribution in [0.1, 0.15) is 37.0 Å². The third kappa shape index (κ3) is 6.09. The molecule has 1 aromatic rings. The molecule has 0 unspecified atom stereocenters. The van der Waals surface area contributed by atoms with Crippen LogP contribution in [0.3, 0.4) is 0 Å². The van der Waals surface area contributed by atoms with Crippen molar-refractivity contribution < 1.29 is 8.42 Å². The minimum Gasteiger partial charge on any atom is -0.370 e. The molecule has 1 aromatic heterocycles. The van der Waals surface area contributed by atoms with Crippen LogP contribution in [0.15, 0.2) is 21.3 Å². The number of nitrogens with one attached hydrogen (secondary N) is 1. The minimum atomic E-state index is -3.62. The average molecular weight is 444 g/mol. The van der Waals surface area contributed by atoms with Gasteiger partial charge in [-0.05, 0) is 25.0 Å². The molecule has 0 aromatic carbocycles. The van der Waals surface area contributed by atoms with Gasteiger partial charge in [0.05, 0.1) is 6.54 Å². The smallest absolute Gasteiger partial charge is 0.247 e. The van der Waals surface area contributed by atoms with E-state index < -0.39 is 10.0 Å². The van der Waals surface area contributed by atoms with Crippen molar-refractivity contribution in [2.45, 2.75) is 48.9 Å². The van der Waals surface area contributed by atoms with Gasteiger partial charge in [0.2, 0.25) is 10.0 Å². The lowest BCUT2D eigenvalue weighted by Gasteiger charge is -2.23. The second-order valence-electron chi connectivity index (χ2n) is 4.95. The van der Waals surface area contributed by atoms with Gasteiger partial charge >= 0.3 is 0 Å². The van der Waals surface area contributed by atoms with E-state index in [0.29, 0.717) is 18.5 Å². The SMILES string of the molecule is I.NC(=NCc1ccc(S(N)(=O)=O)s1)NC1CCCCC1. The van der Waals surface area contributed by atoms with Gasteiger partial charge in [-0.25, -0.2) is 18.5 Å². The zero-order valence-electron chi connectivity index (χ0n) is 11.6. The number of sulfonamides is 1. The van der Waals surface area contributed by atoms with Gasteiger partial charge in [-0.3, -0.25) is 0 Å². The van der Waals surface area contributed by atoms with Crippen molar-refractivity contribution in [2.75, 3.05) is 0 Å². The predicted molar refractivity (Wildman–Crippen MR) is 96.4 cm³/mol. The van der Waals surface area contributed by atoms with E-state index in [9.17, 15) is 8.42 Å². The molecular weight excluding hydrogens is 423 g/mol. The van der Waals surface area contributed by atoms with Gasteiger partial charge in [0.1, 0.15) is 4.21 Å². The normalized spacial score (nSPS) is 17.3. The molecule has 0 saturated heterocycles. The van der Waals surface area contributed by atoms with E-state index in [1.165, 1.54) is 25.3 Å². The number of thiophene rings is 1. The molecule has 0 radical (unpaired) electrons. The number of nitrogens with two attached hydrogens (primary N) is 2. The maximum absolute atomic E-state index is 11.2. The highest BCUT2D eigenvalue weighted by Crippen LogP contribution is 2.21. The Labute approximate surface area is 146 Å². The number of halogens is 1. The van der Waals surface area contributed by atoms with Crippen LogP contribution in [0.4, 0.5) is 0 Å². The average Bonchev–Trinajstić information content (AvgIpc) is 2.86. The van der Waals surface area contributed by atoms with E-state index in [-0.39, 0.29) is 28.2 Å². The molecular formula is C12H21IN4O2S2. The predicted octanol–water partition coefficient (Wildman–Crippen LogP) is 1.75. The van der Waals surface area contributed by atoms with Gasteiger partial charge in [-0.15, -0.1) is 35.3 Å². The third-order valence-corrected chi connectivity index (χ3v) is 5.79. The summed E-state index contributed by atoms with van der Waals surface area (Å²) < 4.78 is 22.5. The molecule has 1 aliphatic rings. The molecule has 0 atom stereocenters. The maximum Gasteiger partial charge on any atom is 0.247 e. The molecule has 1 heterocycles. The van der Waals surface area contributed by atoms with E-state index in [1.807, 2.05) is 0 Å². The van der Waals surface area contributed by atoms with Gasteiger partial charge in [-0.1, -0.05) is 19.3 Å². The van der Waals surface area contributed by atoms with Crippen molar-refractivity contribution in [2.24, 2.45) is 15.9 Å². The zero-order chi connectivity index (χ0) is 14.6. The van der Waals surface area contributed by atoms with Crippen LogP contribution in [0.5, 0.6) is 0 Å². The van der Waals surface area contributed by atoms with E-state index in [4.69, 9.17) is 10.9 Å². The van der Waals surface area contributed by atoms with Gasteiger partial charge in [0.25, 0.3) is 0 Å². The van der Waals surface area contributed by atoms with Crippen LogP contribution < -0.4 is 16.2 Å². The molecule has 1 saturated carbocycles. The molecule has 1 fully saturated rings. The van der Waals surface area contributed by atoms with Gasteiger partial charge in [0.15, 0.2) is 5.96 Å². The van der Waals surface area contributed by atoms with Crippen molar-refractivity contribution >= 4 is 51.3 Å². The highest BCUT2D eigenvalue weighted by Gasteiger charge is 2.14. The van der Waals surface area contributed by atoms with Crippen molar-refractivity contribution in [3.63, 3.8) is 0 Å². The second kappa shape index (κ2) is 8.30. The Morgan fingerprint density at radius 1 is 1.33 bits per heavy atom. The third-order valence-electron chi connectivity index (χ3n) is 3.28. The topological polar surface area (TPSA) is 111 Å². The summed E-state index contributed by atoms with van der Waals surface area (Å²) in [5.74, 6) is 0.419. The Balaban J connectivity index is 0.00000220. The molecule has 6 nitrogen and oxygen atoms in total. The van der Waals surface area contributed by atoms with Crippen molar-refractivity contribution in [1.29, 1.82) is 0 Å². The summed E-state index contributed by atoms with van der Waals surface area (Å²) in [6, 6.07) is 3.62. The number of hydrogen-bond acceptors (Lipinski definition) is 4. The van der Waals surface area contributed by atoms with Crippen LogP contribution >= 0.6 is 35.3 Å². The first-order valence-corrected chi connectivity index (χ1v) is 8.99. The molecule has 21 heavy (non-hydrogen) atoms. The van der Waals surface area contributed by atoms with E-state index in [0.717, 1.165) is 29.1 Å². The fourth-order valence-electron chi connectivity index (χ4n) is 2.26.